The molecule has 10 heteroatoms. The van der Waals surface area contributed by atoms with Crippen LogP contribution in [0.15, 0.2) is 35.2 Å². The average molecular weight is 401 g/mol. The third kappa shape index (κ3) is 3.36. The number of ether oxygens (including phenoxy) is 1. The predicted molar refractivity (Wildman–Crippen MR) is 85.9 cm³/mol. The summed E-state index contributed by atoms with van der Waals surface area (Å²) in [6.45, 7) is 6.90. The highest BCUT2D eigenvalue weighted by Crippen LogP contribution is 2.49. The van der Waals surface area contributed by atoms with Crippen LogP contribution >= 0.6 is 0 Å². The van der Waals surface area contributed by atoms with Crippen LogP contribution in [-0.4, -0.2) is 25.5 Å². The van der Waals surface area contributed by atoms with E-state index in [0.29, 0.717) is 0 Å². The van der Waals surface area contributed by atoms with Crippen LogP contribution in [-0.2, 0) is 16.3 Å². The summed E-state index contributed by atoms with van der Waals surface area (Å²) in [4.78, 5) is 2.30. The zero-order valence-electron chi connectivity index (χ0n) is 13.4. The first kappa shape index (κ1) is 19.1. The summed E-state index contributed by atoms with van der Waals surface area (Å²) in [5, 5.41) is 9.87. The fraction of sp³-hybridized carbons (Fsp3) is 0.235. The molecule has 3 rings (SSSR count). The molecule has 0 bridgehead atoms. The number of benzene rings is 2. The van der Waals surface area contributed by atoms with E-state index >= 15 is 0 Å². The van der Waals surface area contributed by atoms with Crippen molar-refractivity contribution in [1.29, 1.82) is 0 Å². The van der Waals surface area contributed by atoms with Gasteiger partial charge >= 0.3 is 0 Å². The Hall–Kier alpha value is -2.64. The molecule has 0 amide bonds. The second-order valence-electron chi connectivity index (χ2n) is 5.88. The lowest BCUT2D eigenvalue weighted by atomic mass is 10.1. The molecular weight excluding hydrogens is 390 g/mol. The topological polar surface area (TPSA) is 68.0 Å². The largest absolute Gasteiger partial charge is 0.458 e. The molecule has 0 fully saturated rings. The second-order valence-corrected chi connectivity index (χ2v) is 7.76. The molecule has 0 aromatic heterocycles. The SMILES string of the molecule is [C-]#[N+]c1cc(F)cc(Oc2ccc(S(=O)(=O)CF)c3c2CC(F)(F)[C@H]3O)c1. The van der Waals surface area contributed by atoms with Gasteiger partial charge in [-0.15, -0.1) is 0 Å². The van der Waals surface area contributed by atoms with Crippen LogP contribution < -0.4 is 4.74 Å². The summed E-state index contributed by atoms with van der Waals surface area (Å²) in [6.07, 6.45) is -3.50. The maximum Gasteiger partial charge on any atom is 0.281 e. The Kier molecular flexibility index (Phi) is 4.61. The van der Waals surface area contributed by atoms with Crippen molar-refractivity contribution in [1.82, 2.24) is 0 Å². The van der Waals surface area contributed by atoms with Gasteiger partial charge in [-0.2, -0.15) is 0 Å². The molecule has 0 radical (unpaired) electrons. The van der Waals surface area contributed by atoms with Crippen LogP contribution in [0.1, 0.15) is 17.2 Å². The van der Waals surface area contributed by atoms with E-state index in [1.54, 1.807) is 0 Å². The van der Waals surface area contributed by atoms with Gasteiger partial charge in [-0.3, -0.25) is 0 Å². The normalized spacial score (nSPS) is 18.0. The molecule has 0 spiro atoms. The Balaban J connectivity index is 2.15. The smallest absolute Gasteiger partial charge is 0.281 e. The number of alkyl halides is 3. The summed E-state index contributed by atoms with van der Waals surface area (Å²) in [6, 6.07) is 3.07. The van der Waals surface area contributed by atoms with E-state index in [9.17, 15) is 31.1 Å². The van der Waals surface area contributed by atoms with Crippen LogP contribution in [0.4, 0.5) is 23.2 Å². The molecule has 1 aliphatic rings. The molecule has 0 heterocycles. The molecule has 1 N–H and O–H groups in total. The Morgan fingerprint density at radius 2 is 2.00 bits per heavy atom. The molecule has 27 heavy (non-hydrogen) atoms. The summed E-state index contributed by atoms with van der Waals surface area (Å²) in [7, 11) is -4.53. The monoisotopic (exact) mass is 401 g/mol. The molecule has 0 unspecified atom stereocenters. The maximum atomic E-state index is 14.0. The highest BCUT2D eigenvalue weighted by atomic mass is 32.2. The zero-order chi connectivity index (χ0) is 20.0. The number of rotatable bonds is 4. The van der Waals surface area contributed by atoms with E-state index in [1.165, 1.54) is 0 Å². The van der Waals surface area contributed by atoms with Gasteiger partial charge in [-0.05, 0) is 24.3 Å². The lowest BCUT2D eigenvalue weighted by Crippen LogP contribution is -2.22. The fourth-order valence-electron chi connectivity index (χ4n) is 2.87. The number of nitrogens with zero attached hydrogens (tertiary/aromatic N) is 1. The van der Waals surface area contributed by atoms with Crippen molar-refractivity contribution >= 4 is 15.5 Å². The van der Waals surface area contributed by atoms with E-state index < -0.39 is 50.6 Å². The number of fused-ring (bicyclic) bond motifs is 1. The van der Waals surface area contributed by atoms with E-state index in [1.807, 2.05) is 0 Å². The van der Waals surface area contributed by atoms with Crippen molar-refractivity contribution in [3.05, 3.63) is 58.7 Å². The van der Waals surface area contributed by atoms with Gasteiger partial charge in [0.1, 0.15) is 23.4 Å². The number of halogens is 4. The molecule has 2 aromatic rings. The first-order valence-corrected chi connectivity index (χ1v) is 9.10. The van der Waals surface area contributed by atoms with Crippen molar-refractivity contribution in [2.75, 3.05) is 6.01 Å². The van der Waals surface area contributed by atoms with E-state index in [4.69, 9.17) is 11.3 Å². The minimum atomic E-state index is -4.53. The number of sulfone groups is 1. The fourth-order valence-corrected chi connectivity index (χ4v) is 3.84. The summed E-state index contributed by atoms with van der Waals surface area (Å²) < 4.78 is 83.5. The van der Waals surface area contributed by atoms with Crippen molar-refractivity contribution in [2.24, 2.45) is 0 Å². The number of aliphatic hydroxyl groups excluding tert-OH is 1. The van der Waals surface area contributed by atoms with Gasteiger partial charge in [-0.25, -0.2) is 30.8 Å². The van der Waals surface area contributed by atoms with Gasteiger partial charge in [0.05, 0.1) is 11.5 Å². The lowest BCUT2D eigenvalue weighted by Gasteiger charge is -2.16. The molecule has 1 aliphatic carbocycles. The van der Waals surface area contributed by atoms with Gasteiger partial charge in [0.2, 0.25) is 9.84 Å². The summed E-state index contributed by atoms with van der Waals surface area (Å²) >= 11 is 0. The number of aliphatic hydroxyl groups is 1. The van der Waals surface area contributed by atoms with Crippen molar-refractivity contribution in [3.63, 3.8) is 0 Å². The van der Waals surface area contributed by atoms with Gasteiger partial charge in [0.15, 0.2) is 11.7 Å². The van der Waals surface area contributed by atoms with Crippen LogP contribution in [0.25, 0.3) is 4.85 Å². The first-order chi connectivity index (χ1) is 12.6. The van der Waals surface area contributed by atoms with Crippen LogP contribution in [0, 0.1) is 12.4 Å². The number of hydrogen-bond acceptors (Lipinski definition) is 4. The van der Waals surface area contributed by atoms with Crippen LogP contribution in [0.2, 0.25) is 0 Å². The molecule has 5 nitrogen and oxygen atoms in total. The molecule has 142 valence electrons. The molecular formula is C17H11F4NO4S. The summed E-state index contributed by atoms with van der Waals surface area (Å²) in [5.74, 6) is -4.90. The molecule has 0 saturated carbocycles. The minimum absolute atomic E-state index is 0.0939. The van der Waals surface area contributed by atoms with Crippen molar-refractivity contribution < 1.29 is 35.8 Å². The Bertz CT molecular complexity index is 1060. The molecule has 0 aliphatic heterocycles. The third-order valence-electron chi connectivity index (χ3n) is 4.05. The Morgan fingerprint density at radius 1 is 1.30 bits per heavy atom. The second kappa shape index (κ2) is 6.51. The zero-order valence-corrected chi connectivity index (χ0v) is 14.2. The van der Waals surface area contributed by atoms with E-state index in [0.717, 1.165) is 30.3 Å². The minimum Gasteiger partial charge on any atom is -0.458 e. The predicted octanol–water partition coefficient (Wildman–Crippen LogP) is 4.09. The van der Waals surface area contributed by atoms with Crippen molar-refractivity contribution in [2.45, 2.75) is 23.3 Å². The lowest BCUT2D eigenvalue weighted by molar-refractivity contribution is -0.0976. The van der Waals surface area contributed by atoms with Gasteiger partial charge < -0.3 is 9.84 Å². The van der Waals surface area contributed by atoms with E-state index in [-0.39, 0.29) is 22.7 Å². The molecule has 0 saturated heterocycles. The Labute approximate surface area is 151 Å². The Morgan fingerprint density at radius 3 is 2.63 bits per heavy atom. The standard InChI is InChI=1S/C17H11F4NO4S/c1-22-10-4-9(19)5-11(6-10)26-13-2-3-14(27(24,25)8-18)15-12(13)7-17(20,21)16(15)23/h2-6,16,23H,7-8H2/t16-/m0/s1. The van der Waals surface area contributed by atoms with Gasteiger partial charge in [0, 0.05) is 23.6 Å². The van der Waals surface area contributed by atoms with Crippen molar-refractivity contribution in [3.8, 4) is 11.5 Å². The highest BCUT2D eigenvalue weighted by Gasteiger charge is 2.50. The van der Waals surface area contributed by atoms with Gasteiger partial charge in [-0.1, -0.05) is 0 Å². The third-order valence-corrected chi connectivity index (χ3v) is 5.37. The highest BCUT2D eigenvalue weighted by molar-refractivity contribution is 7.91. The quantitative estimate of drug-likeness (QED) is 0.619. The van der Waals surface area contributed by atoms with Gasteiger partial charge in [0.25, 0.3) is 5.92 Å². The first-order valence-electron chi connectivity index (χ1n) is 7.45. The molecule has 2 aromatic carbocycles. The average Bonchev–Trinajstić information content (AvgIpc) is 2.85. The number of hydrogen-bond donors (Lipinski definition) is 1. The van der Waals surface area contributed by atoms with E-state index in [2.05, 4.69) is 4.85 Å². The van der Waals surface area contributed by atoms with Crippen LogP contribution in [0.3, 0.4) is 0 Å². The van der Waals surface area contributed by atoms with Crippen LogP contribution in [0.5, 0.6) is 11.5 Å². The maximum absolute atomic E-state index is 14.0. The summed E-state index contributed by atoms with van der Waals surface area (Å²) in [5.41, 5.74) is -1.06. The molecule has 1 atom stereocenters.